The van der Waals surface area contributed by atoms with E-state index in [-0.39, 0.29) is 0 Å². The summed E-state index contributed by atoms with van der Waals surface area (Å²) in [4.78, 5) is 0. The van der Waals surface area contributed by atoms with E-state index < -0.39 is 0 Å². The maximum Gasteiger partial charge on any atom is 0.122 e. The Labute approximate surface area is 108 Å². The van der Waals surface area contributed by atoms with E-state index >= 15 is 0 Å². The summed E-state index contributed by atoms with van der Waals surface area (Å²) in [5.41, 5.74) is 2.37. The van der Waals surface area contributed by atoms with Crippen LogP contribution in [0.5, 0.6) is 11.5 Å². The summed E-state index contributed by atoms with van der Waals surface area (Å²) in [6, 6.07) is 5.86. The van der Waals surface area contributed by atoms with Gasteiger partial charge in [0, 0.05) is 0 Å². The lowest BCUT2D eigenvalue weighted by atomic mass is 10.2. The van der Waals surface area contributed by atoms with Crippen molar-refractivity contribution in [3.05, 3.63) is 59.7 Å². The van der Waals surface area contributed by atoms with Crippen LogP contribution in [-0.4, -0.2) is 13.7 Å². The molecule has 0 heterocycles. The minimum Gasteiger partial charge on any atom is -0.497 e. The molecule has 94 valence electrons. The first kappa shape index (κ1) is 12.5. The molecule has 0 radical (unpaired) electrons. The van der Waals surface area contributed by atoms with E-state index in [1.165, 1.54) is 5.57 Å². The van der Waals surface area contributed by atoms with Crippen molar-refractivity contribution < 1.29 is 9.47 Å². The molecule has 0 aromatic heterocycles. The molecule has 2 rings (SSSR count). The van der Waals surface area contributed by atoms with Crippen molar-refractivity contribution in [1.29, 1.82) is 0 Å². The highest BCUT2D eigenvalue weighted by molar-refractivity contribution is 5.39. The fourth-order valence-corrected chi connectivity index (χ4v) is 1.81. The fraction of sp³-hybridized carbons (Fsp3) is 0.250. The minimum atomic E-state index is 0.627. The quantitative estimate of drug-likeness (QED) is 0.799. The molecule has 2 heteroatoms. The third-order valence-corrected chi connectivity index (χ3v) is 2.87. The third-order valence-electron chi connectivity index (χ3n) is 2.87. The van der Waals surface area contributed by atoms with Crippen LogP contribution in [0.3, 0.4) is 0 Å². The van der Waals surface area contributed by atoms with Gasteiger partial charge in [-0.25, -0.2) is 0 Å². The smallest absolute Gasteiger partial charge is 0.122 e. The van der Waals surface area contributed by atoms with Gasteiger partial charge in [0.2, 0.25) is 0 Å². The highest BCUT2D eigenvalue weighted by Gasteiger charge is 2.03. The first-order valence-corrected chi connectivity index (χ1v) is 6.08. The molecule has 0 aliphatic heterocycles. The summed E-state index contributed by atoms with van der Waals surface area (Å²) in [5.74, 6) is 1.77. The molecular weight excluding hydrogens is 224 g/mol. The van der Waals surface area contributed by atoms with Crippen LogP contribution in [0.2, 0.25) is 0 Å². The number of hydrogen-bond acceptors (Lipinski definition) is 2. The predicted octanol–water partition coefficient (Wildman–Crippen LogP) is 3.82. The Balaban J connectivity index is 2.00. The van der Waals surface area contributed by atoms with Gasteiger partial charge in [0.25, 0.3) is 0 Å². The molecular formula is C16H18O2. The predicted molar refractivity (Wildman–Crippen MR) is 74.2 cm³/mol. The Morgan fingerprint density at radius 2 is 2.06 bits per heavy atom. The van der Waals surface area contributed by atoms with Gasteiger partial charge in [-0.05, 0) is 42.7 Å². The van der Waals surface area contributed by atoms with Crippen LogP contribution in [0.4, 0.5) is 0 Å². The van der Waals surface area contributed by atoms with Crippen LogP contribution in [0.1, 0.15) is 12.0 Å². The average Bonchev–Trinajstić information content (AvgIpc) is 2.66. The Kier molecular flexibility index (Phi) is 4.24. The highest BCUT2D eigenvalue weighted by Crippen LogP contribution is 2.23. The summed E-state index contributed by atoms with van der Waals surface area (Å²) < 4.78 is 11.0. The first-order valence-electron chi connectivity index (χ1n) is 6.08. The molecule has 0 saturated carbocycles. The van der Waals surface area contributed by atoms with Gasteiger partial charge >= 0.3 is 0 Å². The Morgan fingerprint density at radius 3 is 2.83 bits per heavy atom. The molecule has 0 atom stereocenters. The van der Waals surface area contributed by atoms with E-state index in [4.69, 9.17) is 9.47 Å². The van der Waals surface area contributed by atoms with Crippen LogP contribution in [-0.2, 0) is 0 Å². The lowest BCUT2D eigenvalue weighted by Gasteiger charge is -2.11. The zero-order valence-corrected chi connectivity index (χ0v) is 10.8. The van der Waals surface area contributed by atoms with Crippen molar-refractivity contribution in [2.75, 3.05) is 13.7 Å². The number of hydrogen-bond donors (Lipinski definition) is 0. The summed E-state index contributed by atoms with van der Waals surface area (Å²) in [5, 5.41) is 0. The van der Waals surface area contributed by atoms with E-state index in [1.807, 2.05) is 37.3 Å². The van der Waals surface area contributed by atoms with Crippen molar-refractivity contribution >= 4 is 0 Å². The average molecular weight is 242 g/mol. The Bertz CT molecular complexity index is 496. The van der Waals surface area contributed by atoms with Gasteiger partial charge in [-0.1, -0.05) is 30.4 Å². The van der Waals surface area contributed by atoms with Crippen molar-refractivity contribution in [2.45, 2.75) is 13.3 Å². The maximum atomic E-state index is 5.84. The summed E-state index contributed by atoms with van der Waals surface area (Å²) >= 11 is 0. The summed E-state index contributed by atoms with van der Waals surface area (Å²) in [6.45, 7) is 2.65. The normalized spacial score (nSPS) is 14.0. The first-order chi connectivity index (χ1) is 8.79. The maximum absolute atomic E-state index is 5.84. The molecule has 0 bridgehead atoms. The second kappa shape index (κ2) is 6.10. The molecule has 0 saturated heterocycles. The Morgan fingerprint density at radius 1 is 1.17 bits per heavy atom. The lowest BCUT2D eigenvalue weighted by molar-refractivity contribution is 0.346. The topological polar surface area (TPSA) is 18.5 Å². The number of aryl methyl sites for hydroxylation is 1. The second-order valence-electron chi connectivity index (χ2n) is 4.26. The van der Waals surface area contributed by atoms with Gasteiger partial charge in [-0.3, -0.25) is 0 Å². The fourth-order valence-electron chi connectivity index (χ4n) is 1.81. The molecule has 18 heavy (non-hydrogen) atoms. The van der Waals surface area contributed by atoms with E-state index in [9.17, 15) is 0 Å². The van der Waals surface area contributed by atoms with Gasteiger partial charge in [-0.15, -0.1) is 0 Å². The van der Waals surface area contributed by atoms with Gasteiger partial charge in [-0.2, -0.15) is 0 Å². The van der Waals surface area contributed by atoms with Crippen molar-refractivity contribution in [2.24, 2.45) is 0 Å². The van der Waals surface area contributed by atoms with Gasteiger partial charge in [0.1, 0.15) is 18.1 Å². The van der Waals surface area contributed by atoms with E-state index in [0.29, 0.717) is 6.61 Å². The number of benzene rings is 1. The molecule has 0 amide bonds. The summed E-state index contributed by atoms with van der Waals surface area (Å²) in [6.07, 6.45) is 11.3. The molecule has 2 nitrogen and oxygen atoms in total. The van der Waals surface area contributed by atoms with Crippen LogP contribution >= 0.6 is 0 Å². The van der Waals surface area contributed by atoms with Gasteiger partial charge in [0.15, 0.2) is 0 Å². The SMILES string of the molecule is COc1ccc(OCC2=CC=CC=CC2)c(C)c1. The van der Waals surface area contributed by atoms with E-state index in [0.717, 1.165) is 23.5 Å². The zero-order valence-electron chi connectivity index (χ0n) is 10.8. The third kappa shape index (κ3) is 3.27. The van der Waals surface area contributed by atoms with E-state index in [2.05, 4.69) is 18.2 Å². The molecule has 1 aliphatic carbocycles. The number of methoxy groups -OCH3 is 1. The standard InChI is InChI=1S/C16H18O2/c1-13-11-15(17-2)9-10-16(13)18-12-14-7-5-3-4-6-8-14/h3-7,9-11H,8,12H2,1-2H3. The Hall–Kier alpha value is -1.96. The van der Waals surface area contributed by atoms with Crippen molar-refractivity contribution in [1.82, 2.24) is 0 Å². The number of ether oxygens (including phenoxy) is 2. The number of allylic oxidation sites excluding steroid dienone is 5. The second-order valence-corrected chi connectivity index (χ2v) is 4.26. The van der Waals surface area contributed by atoms with Gasteiger partial charge in [0.05, 0.1) is 7.11 Å². The lowest BCUT2D eigenvalue weighted by Crippen LogP contribution is -2.02. The summed E-state index contributed by atoms with van der Waals surface area (Å²) in [7, 11) is 1.67. The van der Waals surface area contributed by atoms with Crippen molar-refractivity contribution in [3.63, 3.8) is 0 Å². The molecule has 1 aromatic rings. The van der Waals surface area contributed by atoms with Crippen LogP contribution in [0, 0.1) is 6.92 Å². The van der Waals surface area contributed by atoms with Crippen molar-refractivity contribution in [3.8, 4) is 11.5 Å². The molecule has 1 aliphatic rings. The van der Waals surface area contributed by atoms with Gasteiger partial charge < -0.3 is 9.47 Å². The monoisotopic (exact) mass is 242 g/mol. The zero-order chi connectivity index (χ0) is 12.8. The molecule has 1 aromatic carbocycles. The van der Waals surface area contributed by atoms with Crippen LogP contribution in [0.15, 0.2) is 54.2 Å². The van der Waals surface area contributed by atoms with Crippen LogP contribution < -0.4 is 9.47 Å². The minimum absolute atomic E-state index is 0.627. The largest absolute Gasteiger partial charge is 0.497 e. The molecule has 0 fully saturated rings. The number of rotatable bonds is 4. The highest BCUT2D eigenvalue weighted by atomic mass is 16.5. The molecule has 0 N–H and O–H groups in total. The molecule has 0 unspecified atom stereocenters. The molecule has 0 spiro atoms. The van der Waals surface area contributed by atoms with Crippen LogP contribution in [0.25, 0.3) is 0 Å². The van der Waals surface area contributed by atoms with E-state index in [1.54, 1.807) is 7.11 Å².